The zero-order chi connectivity index (χ0) is 21.0. The molecule has 1 fully saturated rings. The van der Waals surface area contributed by atoms with Crippen LogP contribution in [0.4, 0.5) is 0 Å². The number of piperidine rings is 1. The Hall–Kier alpha value is -2.80. The van der Waals surface area contributed by atoms with E-state index in [2.05, 4.69) is 4.90 Å². The lowest BCUT2D eigenvalue weighted by Gasteiger charge is -2.37. The highest BCUT2D eigenvalue weighted by Gasteiger charge is 2.33. The van der Waals surface area contributed by atoms with Gasteiger partial charge in [0.15, 0.2) is 11.5 Å². The number of aryl methyl sites for hydroxylation is 1. The molecule has 0 bridgehead atoms. The second kappa shape index (κ2) is 9.13. The molecule has 2 unspecified atom stereocenters. The van der Waals surface area contributed by atoms with Gasteiger partial charge in [-0.1, -0.05) is 6.07 Å². The Bertz CT molecular complexity index is 845. The van der Waals surface area contributed by atoms with Crippen molar-refractivity contribution < 1.29 is 24.1 Å². The summed E-state index contributed by atoms with van der Waals surface area (Å²) < 4.78 is 16.5. The van der Waals surface area contributed by atoms with Gasteiger partial charge in [-0.25, -0.2) is 0 Å². The SMILES string of the molecule is COc1cc(C(c2cccc(C)n2)N2CCCC(C(=O)O)C2)cc(OC)c1OC. The summed E-state index contributed by atoms with van der Waals surface area (Å²) in [4.78, 5) is 18.6. The molecule has 0 radical (unpaired) electrons. The average Bonchev–Trinajstić information content (AvgIpc) is 2.73. The topological polar surface area (TPSA) is 81.1 Å². The Morgan fingerprint density at radius 1 is 1.17 bits per heavy atom. The first-order valence-corrected chi connectivity index (χ1v) is 9.68. The Labute approximate surface area is 171 Å². The number of likely N-dealkylation sites (tertiary alicyclic amines) is 1. The van der Waals surface area contributed by atoms with Gasteiger partial charge in [-0.3, -0.25) is 14.7 Å². The number of carboxylic acid groups (broad SMARTS) is 1. The molecule has 1 aliphatic rings. The molecule has 1 saturated heterocycles. The fraction of sp³-hybridized carbons (Fsp3) is 0.455. The van der Waals surface area contributed by atoms with E-state index in [-0.39, 0.29) is 6.04 Å². The van der Waals surface area contributed by atoms with E-state index in [9.17, 15) is 9.90 Å². The van der Waals surface area contributed by atoms with Crippen LogP contribution in [0.2, 0.25) is 0 Å². The Balaban J connectivity index is 2.12. The van der Waals surface area contributed by atoms with Gasteiger partial charge in [0.1, 0.15) is 0 Å². The first-order chi connectivity index (χ1) is 14.0. The zero-order valence-electron chi connectivity index (χ0n) is 17.3. The van der Waals surface area contributed by atoms with Crippen molar-refractivity contribution in [1.29, 1.82) is 0 Å². The maximum Gasteiger partial charge on any atom is 0.307 e. The molecule has 156 valence electrons. The molecule has 1 aromatic carbocycles. The van der Waals surface area contributed by atoms with Gasteiger partial charge in [0.25, 0.3) is 0 Å². The molecule has 29 heavy (non-hydrogen) atoms. The maximum absolute atomic E-state index is 11.6. The van der Waals surface area contributed by atoms with Gasteiger partial charge in [0.05, 0.1) is 39.0 Å². The van der Waals surface area contributed by atoms with Crippen LogP contribution in [0, 0.1) is 12.8 Å². The molecule has 0 spiro atoms. The van der Waals surface area contributed by atoms with Crippen molar-refractivity contribution in [3.8, 4) is 17.2 Å². The van der Waals surface area contributed by atoms with E-state index in [4.69, 9.17) is 19.2 Å². The number of ether oxygens (including phenoxy) is 3. The smallest absolute Gasteiger partial charge is 0.307 e. The van der Waals surface area contributed by atoms with Crippen LogP contribution in [0.1, 0.15) is 35.8 Å². The van der Waals surface area contributed by atoms with Crippen LogP contribution >= 0.6 is 0 Å². The molecule has 2 aromatic rings. The lowest BCUT2D eigenvalue weighted by molar-refractivity contribution is -0.143. The normalized spacial score (nSPS) is 18.1. The highest BCUT2D eigenvalue weighted by molar-refractivity contribution is 5.70. The van der Waals surface area contributed by atoms with E-state index in [1.54, 1.807) is 21.3 Å². The minimum absolute atomic E-state index is 0.217. The fourth-order valence-electron chi connectivity index (χ4n) is 3.99. The largest absolute Gasteiger partial charge is 0.493 e. The second-order valence-electron chi connectivity index (χ2n) is 7.24. The summed E-state index contributed by atoms with van der Waals surface area (Å²) in [5.41, 5.74) is 2.70. The van der Waals surface area contributed by atoms with Gasteiger partial charge in [-0.05, 0) is 56.1 Å². The summed E-state index contributed by atoms with van der Waals surface area (Å²) >= 11 is 0. The van der Waals surface area contributed by atoms with Gasteiger partial charge < -0.3 is 19.3 Å². The van der Waals surface area contributed by atoms with Crippen molar-refractivity contribution in [2.45, 2.75) is 25.8 Å². The molecule has 1 N–H and O–H groups in total. The molecule has 0 saturated carbocycles. The number of hydrogen-bond donors (Lipinski definition) is 1. The average molecular weight is 400 g/mol. The van der Waals surface area contributed by atoms with Crippen LogP contribution < -0.4 is 14.2 Å². The van der Waals surface area contributed by atoms with Gasteiger partial charge in [-0.15, -0.1) is 0 Å². The number of aliphatic carboxylic acids is 1. The molecule has 1 aliphatic heterocycles. The lowest BCUT2D eigenvalue weighted by atomic mass is 9.93. The van der Waals surface area contributed by atoms with E-state index in [0.717, 1.165) is 29.9 Å². The second-order valence-corrected chi connectivity index (χ2v) is 7.24. The van der Waals surface area contributed by atoms with Crippen molar-refractivity contribution in [1.82, 2.24) is 9.88 Å². The van der Waals surface area contributed by atoms with Gasteiger partial charge >= 0.3 is 5.97 Å². The zero-order valence-corrected chi connectivity index (χ0v) is 17.3. The highest BCUT2D eigenvalue weighted by atomic mass is 16.5. The summed E-state index contributed by atoms with van der Waals surface area (Å²) in [6.45, 7) is 3.21. The standard InChI is InChI=1S/C22H28N2O5/c1-14-7-5-9-17(23-14)20(24-10-6-8-15(13-24)22(25)26)16-11-18(27-2)21(29-4)19(12-16)28-3/h5,7,9,11-12,15,20H,6,8,10,13H2,1-4H3,(H,25,26). The van der Waals surface area contributed by atoms with E-state index < -0.39 is 11.9 Å². The molecule has 2 heterocycles. The summed E-state index contributed by atoms with van der Waals surface area (Å²) in [6.07, 6.45) is 1.51. The van der Waals surface area contributed by atoms with Crippen LogP contribution in [-0.4, -0.2) is 55.4 Å². The number of rotatable bonds is 7. The Morgan fingerprint density at radius 3 is 2.41 bits per heavy atom. The van der Waals surface area contributed by atoms with Crippen molar-refractivity contribution in [3.63, 3.8) is 0 Å². The number of aromatic nitrogens is 1. The molecule has 3 rings (SSSR count). The fourth-order valence-corrected chi connectivity index (χ4v) is 3.99. The highest BCUT2D eigenvalue weighted by Crippen LogP contribution is 2.42. The summed E-state index contributed by atoms with van der Waals surface area (Å²) in [7, 11) is 4.74. The Morgan fingerprint density at radius 2 is 1.86 bits per heavy atom. The van der Waals surface area contributed by atoms with Crippen LogP contribution in [0.15, 0.2) is 30.3 Å². The summed E-state index contributed by atoms with van der Waals surface area (Å²) in [5, 5.41) is 9.56. The number of hydrogen-bond acceptors (Lipinski definition) is 6. The minimum Gasteiger partial charge on any atom is -0.493 e. The number of carboxylic acids is 1. The number of carbonyl (C=O) groups is 1. The van der Waals surface area contributed by atoms with E-state index in [1.807, 2.05) is 37.3 Å². The maximum atomic E-state index is 11.6. The van der Waals surface area contributed by atoms with Crippen molar-refractivity contribution in [2.75, 3.05) is 34.4 Å². The molecular formula is C22H28N2O5. The number of benzene rings is 1. The molecular weight excluding hydrogens is 372 g/mol. The van der Waals surface area contributed by atoms with E-state index in [0.29, 0.717) is 30.2 Å². The quantitative estimate of drug-likeness (QED) is 0.764. The van der Waals surface area contributed by atoms with E-state index in [1.165, 1.54) is 0 Å². The van der Waals surface area contributed by atoms with Crippen molar-refractivity contribution in [3.05, 3.63) is 47.3 Å². The predicted octanol–water partition coefficient (Wildman–Crippen LogP) is 3.30. The van der Waals surface area contributed by atoms with Crippen LogP contribution in [0.5, 0.6) is 17.2 Å². The van der Waals surface area contributed by atoms with Gasteiger partial charge in [0.2, 0.25) is 5.75 Å². The third kappa shape index (κ3) is 4.45. The predicted molar refractivity (Wildman–Crippen MR) is 109 cm³/mol. The Kier molecular flexibility index (Phi) is 6.59. The molecule has 7 heteroatoms. The van der Waals surface area contributed by atoms with Crippen LogP contribution in [-0.2, 0) is 4.79 Å². The summed E-state index contributed by atoms with van der Waals surface area (Å²) in [6, 6.07) is 9.52. The third-order valence-electron chi connectivity index (χ3n) is 5.36. The first kappa shape index (κ1) is 20.9. The number of nitrogens with zero attached hydrogens (tertiary/aromatic N) is 2. The van der Waals surface area contributed by atoms with Gasteiger partial charge in [0, 0.05) is 12.2 Å². The van der Waals surface area contributed by atoms with Gasteiger partial charge in [-0.2, -0.15) is 0 Å². The number of pyridine rings is 1. The minimum atomic E-state index is -0.754. The third-order valence-corrected chi connectivity index (χ3v) is 5.36. The molecule has 0 aliphatic carbocycles. The van der Waals surface area contributed by atoms with E-state index >= 15 is 0 Å². The van der Waals surface area contributed by atoms with Crippen molar-refractivity contribution in [2.24, 2.45) is 5.92 Å². The summed E-state index contributed by atoms with van der Waals surface area (Å²) in [5.74, 6) is 0.503. The number of methoxy groups -OCH3 is 3. The molecule has 0 amide bonds. The lowest BCUT2D eigenvalue weighted by Crippen LogP contribution is -2.41. The molecule has 2 atom stereocenters. The molecule has 7 nitrogen and oxygen atoms in total. The van der Waals surface area contributed by atoms with Crippen LogP contribution in [0.25, 0.3) is 0 Å². The monoisotopic (exact) mass is 400 g/mol. The first-order valence-electron chi connectivity index (χ1n) is 9.68. The van der Waals surface area contributed by atoms with Crippen molar-refractivity contribution >= 4 is 5.97 Å². The van der Waals surface area contributed by atoms with Crippen LogP contribution in [0.3, 0.4) is 0 Å². The molecule has 1 aromatic heterocycles.